The summed E-state index contributed by atoms with van der Waals surface area (Å²) in [6, 6.07) is 12.0. The summed E-state index contributed by atoms with van der Waals surface area (Å²) in [7, 11) is 0. The van der Waals surface area contributed by atoms with Crippen LogP contribution >= 0.6 is 0 Å². The predicted molar refractivity (Wildman–Crippen MR) is 129 cm³/mol. The van der Waals surface area contributed by atoms with Crippen molar-refractivity contribution < 1.29 is 0 Å². The number of pyridine rings is 1. The van der Waals surface area contributed by atoms with Gasteiger partial charge in [0.25, 0.3) is 0 Å². The molecule has 0 saturated heterocycles. The van der Waals surface area contributed by atoms with Gasteiger partial charge in [-0.25, -0.2) is 4.79 Å². The van der Waals surface area contributed by atoms with Crippen LogP contribution in [0, 0.1) is 5.92 Å². The number of imidazole rings is 1. The van der Waals surface area contributed by atoms with E-state index in [-0.39, 0.29) is 5.69 Å². The Morgan fingerprint density at radius 2 is 1.94 bits per heavy atom. The van der Waals surface area contributed by atoms with Crippen molar-refractivity contribution in [3.63, 3.8) is 0 Å². The third-order valence-corrected chi connectivity index (χ3v) is 5.82. The summed E-state index contributed by atoms with van der Waals surface area (Å²) >= 11 is 0. The number of unbranched alkanes of at least 4 members (excludes halogenated alkanes) is 1. The number of aryl methyl sites for hydroxylation is 2. The lowest BCUT2D eigenvalue weighted by molar-refractivity contribution is 0.502. The Balaban J connectivity index is 1.59. The Kier molecular flexibility index (Phi) is 7.12. The number of benzene rings is 1. The summed E-state index contributed by atoms with van der Waals surface area (Å²) < 4.78 is 3.81. The Morgan fingerprint density at radius 1 is 1.12 bits per heavy atom. The highest BCUT2D eigenvalue weighted by Gasteiger charge is 2.14. The molecular formula is C25H31N7O. The molecular weight excluding hydrogens is 414 g/mol. The molecule has 0 radical (unpaired) electrons. The molecule has 8 heteroatoms. The topological polar surface area (TPSA) is 94.3 Å². The second-order valence-electron chi connectivity index (χ2n) is 8.80. The van der Waals surface area contributed by atoms with Gasteiger partial charge < -0.3 is 0 Å². The number of aromatic nitrogens is 7. The fourth-order valence-electron chi connectivity index (χ4n) is 3.91. The Labute approximate surface area is 193 Å². The molecule has 0 aliphatic carbocycles. The first-order valence-corrected chi connectivity index (χ1v) is 11.6. The summed E-state index contributed by atoms with van der Waals surface area (Å²) in [5.74, 6) is 1.08. The summed E-state index contributed by atoms with van der Waals surface area (Å²) in [4.78, 5) is 17.7. The van der Waals surface area contributed by atoms with Gasteiger partial charge in [0.05, 0.1) is 12.2 Å². The lowest BCUT2D eigenvalue weighted by Gasteiger charge is -2.09. The first-order valence-electron chi connectivity index (χ1n) is 11.6. The molecule has 3 aromatic heterocycles. The molecule has 8 nitrogen and oxygen atoms in total. The second-order valence-corrected chi connectivity index (χ2v) is 8.80. The number of hydrogen-bond acceptors (Lipinski definition) is 5. The van der Waals surface area contributed by atoms with E-state index in [1.54, 1.807) is 6.20 Å². The number of H-pyrrole nitrogens is 1. The van der Waals surface area contributed by atoms with Gasteiger partial charge in [-0.2, -0.15) is 5.21 Å². The first-order chi connectivity index (χ1) is 16.1. The maximum absolute atomic E-state index is 13.1. The molecule has 0 saturated carbocycles. The van der Waals surface area contributed by atoms with Crippen LogP contribution in [0.3, 0.4) is 0 Å². The largest absolute Gasteiger partial charge is 0.328 e. The number of rotatable bonds is 10. The van der Waals surface area contributed by atoms with E-state index in [4.69, 9.17) is 0 Å². The fraction of sp³-hybridized carbons (Fsp3) is 0.400. The lowest BCUT2D eigenvalue weighted by atomic mass is 10.0. The van der Waals surface area contributed by atoms with E-state index in [1.165, 1.54) is 0 Å². The van der Waals surface area contributed by atoms with E-state index in [0.29, 0.717) is 18.3 Å². The standard InChI is InChI=1S/C25H31N7O/c1-4-5-7-21-17-31(15-13-18(2)3)25(33)32(21)16-19-9-11-20(12-10-19)23-22(8-6-14-26-23)24-27-29-30-28-24/h6,8-12,14,17-18H,4-5,7,13,15-16H2,1-3H3,(H,27,28,29,30). The van der Waals surface area contributed by atoms with Gasteiger partial charge in [-0.05, 0) is 48.1 Å². The zero-order valence-electron chi connectivity index (χ0n) is 19.5. The van der Waals surface area contributed by atoms with Gasteiger partial charge in [-0.1, -0.05) is 51.5 Å². The van der Waals surface area contributed by atoms with Crippen LogP contribution in [0.15, 0.2) is 53.6 Å². The van der Waals surface area contributed by atoms with E-state index in [2.05, 4.69) is 64.7 Å². The number of hydrogen-bond donors (Lipinski definition) is 1. The minimum absolute atomic E-state index is 0.0787. The van der Waals surface area contributed by atoms with E-state index in [1.807, 2.05) is 33.4 Å². The highest BCUT2D eigenvalue weighted by Crippen LogP contribution is 2.27. The molecule has 0 fully saturated rings. The molecule has 3 heterocycles. The molecule has 0 aliphatic rings. The van der Waals surface area contributed by atoms with Crippen LogP contribution in [0.4, 0.5) is 0 Å². The Morgan fingerprint density at radius 3 is 2.64 bits per heavy atom. The van der Waals surface area contributed by atoms with Crippen molar-refractivity contribution in [2.75, 3.05) is 0 Å². The first kappa shape index (κ1) is 22.6. The number of nitrogens with one attached hydrogen (secondary N) is 1. The van der Waals surface area contributed by atoms with Crippen LogP contribution in [0.25, 0.3) is 22.6 Å². The van der Waals surface area contributed by atoms with Gasteiger partial charge >= 0.3 is 5.69 Å². The SMILES string of the molecule is CCCCc1cn(CCC(C)C)c(=O)n1Cc1ccc(-c2ncccc2-c2nn[nH]n2)cc1. The van der Waals surface area contributed by atoms with Gasteiger partial charge in [-0.3, -0.25) is 14.1 Å². The zero-order chi connectivity index (χ0) is 23.2. The van der Waals surface area contributed by atoms with Gasteiger partial charge in [0.1, 0.15) is 0 Å². The van der Waals surface area contributed by atoms with Crippen LogP contribution in [0.1, 0.15) is 51.3 Å². The van der Waals surface area contributed by atoms with Gasteiger partial charge in [0, 0.05) is 35.8 Å². The third kappa shape index (κ3) is 5.27. The molecule has 4 aromatic rings. The second kappa shape index (κ2) is 10.4. The fourth-order valence-corrected chi connectivity index (χ4v) is 3.91. The smallest absolute Gasteiger partial charge is 0.299 e. The van der Waals surface area contributed by atoms with Crippen LogP contribution in [0.5, 0.6) is 0 Å². The normalized spacial score (nSPS) is 11.4. The van der Waals surface area contributed by atoms with Crippen molar-refractivity contribution >= 4 is 0 Å². The Hall–Kier alpha value is -3.55. The average Bonchev–Trinajstić information content (AvgIpc) is 3.46. The van der Waals surface area contributed by atoms with E-state index in [9.17, 15) is 4.79 Å². The van der Waals surface area contributed by atoms with Crippen molar-refractivity contribution in [2.45, 2.75) is 59.5 Å². The van der Waals surface area contributed by atoms with Gasteiger partial charge in [0.15, 0.2) is 0 Å². The number of tetrazole rings is 1. The lowest BCUT2D eigenvalue weighted by Crippen LogP contribution is -2.26. The molecule has 1 aromatic carbocycles. The molecule has 172 valence electrons. The third-order valence-electron chi connectivity index (χ3n) is 5.82. The summed E-state index contributed by atoms with van der Waals surface area (Å²) in [5, 5.41) is 14.3. The summed E-state index contributed by atoms with van der Waals surface area (Å²) in [5.41, 5.74) is 4.85. The van der Waals surface area contributed by atoms with E-state index >= 15 is 0 Å². The molecule has 0 unspecified atom stereocenters. The highest BCUT2D eigenvalue weighted by molar-refractivity contribution is 5.76. The van der Waals surface area contributed by atoms with Crippen molar-refractivity contribution in [2.24, 2.45) is 5.92 Å². The maximum atomic E-state index is 13.1. The summed E-state index contributed by atoms with van der Waals surface area (Å²) in [6.45, 7) is 7.88. The molecule has 4 rings (SSSR count). The minimum Gasteiger partial charge on any atom is -0.299 e. The van der Waals surface area contributed by atoms with Crippen molar-refractivity contribution in [1.29, 1.82) is 0 Å². The molecule has 33 heavy (non-hydrogen) atoms. The molecule has 0 atom stereocenters. The van der Waals surface area contributed by atoms with Crippen LogP contribution in [-0.2, 0) is 19.5 Å². The quantitative estimate of drug-likeness (QED) is 0.392. The van der Waals surface area contributed by atoms with Crippen LogP contribution in [-0.4, -0.2) is 34.7 Å². The molecule has 0 amide bonds. The highest BCUT2D eigenvalue weighted by atomic mass is 16.1. The van der Waals surface area contributed by atoms with E-state index < -0.39 is 0 Å². The van der Waals surface area contributed by atoms with Crippen LogP contribution < -0.4 is 5.69 Å². The Bertz CT molecular complexity index is 1220. The van der Waals surface area contributed by atoms with Gasteiger partial charge in [0.2, 0.25) is 5.82 Å². The minimum atomic E-state index is 0.0787. The number of aromatic amines is 1. The summed E-state index contributed by atoms with van der Waals surface area (Å²) in [6.07, 6.45) is 7.91. The van der Waals surface area contributed by atoms with Gasteiger partial charge in [-0.15, -0.1) is 10.2 Å². The molecule has 0 bridgehead atoms. The van der Waals surface area contributed by atoms with Crippen LogP contribution in [0.2, 0.25) is 0 Å². The molecule has 0 aliphatic heterocycles. The van der Waals surface area contributed by atoms with Crippen molar-refractivity contribution in [3.05, 3.63) is 70.5 Å². The predicted octanol–water partition coefficient (Wildman–Crippen LogP) is 4.33. The zero-order valence-corrected chi connectivity index (χ0v) is 19.5. The van der Waals surface area contributed by atoms with E-state index in [0.717, 1.165) is 60.3 Å². The molecule has 0 spiro atoms. The van der Waals surface area contributed by atoms with Crippen molar-refractivity contribution in [1.82, 2.24) is 34.7 Å². The number of nitrogens with zero attached hydrogens (tertiary/aromatic N) is 6. The van der Waals surface area contributed by atoms with Crippen molar-refractivity contribution in [3.8, 4) is 22.6 Å². The monoisotopic (exact) mass is 445 g/mol. The average molecular weight is 446 g/mol. The maximum Gasteiger partial charge on any atom is 0.328 e. The molecule has 1 N–H and O–H groups in total.